The number of benzene rings is 1. The molecule has 124 valence electrons. The number of halogens is 1. The van der Waals surface area contributed by atoms with E-state index in [9.17, 15) is 0 Å². The lowest BCUT2D eigenvalue weighted by molar-refractivity contribution is 0.134. The van der Waals surface area contributed by atoms with Crippen LogP contribution < -0.4 is 10.2 Å². The molecule has 2 fully saturated rings. The molecular weight excluding hydrogens is 294 g/mol. The Morgan fingerprint density at radius 3 is 2.50 bits per heavy atom. The molecule has 3 rings (SSSR count). The lowest BCUT2D eigenvalue weighted by Gasteiger charge is -2.44. The van der Waals surface area contributed by atoms with E-state index in [0.29, 0.717) is 6.04 Å². The molecule has 0 radical (unpaired) electrons. The Morgan fingerprint density at radius 2 is 1.82 bits per heavy atom. The van der Waals surface area contributed by atoms with Crippen LogP contribution in [0.25, 0.3) is 0 Å². The molecule has 0 amide bonds. The summed E-state index contributed by atoms with van der Waals surface area (Å²) in [6.07, 6.45) is 3.97. The molecule has 2 aliphatic heterocycles. The van der Waals surface area contributed by atoms with Crippen LogP contribution in [0.2, 0.25) is 0 Å². The maximum atomic E-state index is 3.48. The van der Waals surface area contributed by atoms with E-state index >= 15 is 0 Å². The van der Waals surface area contributed by atoms with Crippen molar-refractivity contribution in [1.29, 1.82) is 0 Å². The van der Waals surface area contributed by atoms with Crippen molar-refractivity contribution in [3.63, 3.8) is 0 Å². The van der Waals surface area contributed by atoms with Crippen LogP contribution in [-0.2, 0) is 0 Å². The van der Waals surface area contributed by atoms with Crippen LogP contribution in [0.5, 0.6) is 0 Å². The van der Waals surface area contributed by atoms with Crippen LogP contribution in [0, 0.1) is 5.92 Å². The van der Waals surface area contributed by atoms with Gasteiger partial charge in [-0.2, -0.15) is 0 Å². The molecule has 0 aliphatic carbocycles. The highest BCUT2D eigenvalue weighted by molar-refractivity contribution is 5.85. The zero-order valence-electron chi connectivity index (χ0n) is 13.7. The summed E-state index contributed by atoms with van der Waals surface area (Å²) in [7, 11) is 0. The first-order valence-corrected chi connectivity index (χ1v) is 8.61. The number of nitrogens with zero attached hydrogens (tertiary/aromatic N) is 2. The SMILES string of the molecule is CCC1CN(c2ccccc2)CCN1CC1CCNCC1.Cl. The Hall–Kier alpha value is -0.770. The van der Waals surface area contributed by atoms with E-state index < -0.39 is 0 Å². The van der Waals surface area contributed by atoms with Gasteiger partial charge in [0.05, 0.1) is 0 Å². The van der Waals surface area contributed by atoms with Gasteiger partial charge in [-0.15, -0.1) is 12.4 Å². The average Bonchev–Trinajstić information content (AvgIpc) is 2.57. The second-order valence-electron chi connectivity index (χ2n) is 6.53. The summed E-state index contributed by atoms with van der Waals surface area (Å²) in [6.45, 7) is 9.66. The lowest BCUT2D eigenvalue weighted by Crippen LogP contribution is -2.54. The van der Waals surface area contributed by atoms with Gasteiger partial charge in [0.15, 0.2) is 0 Å². The number of anilines is 1. The van der Waals surface area contributed by atoms with Crippen LogP contribution in [0.3, 0.4) is 0 Å². The first kappa shape index (κ1) is 17.6. The van der Waals surface area contributed by atoms with Gasteiger partial charge in [-0.1, -0.05) is 25.1 Å². The van der Waals surface area contributed by atoms with Crippen molar-refractivity contribution in [1.82, 2.24) is 10.2 Å². The van der Waals surface area contributed by atoms with Gasteiger partial charge in [0.1, 0.15) is 0 Å². The molecular formula is C18H30ClN3. The van der Waals surface area contributed by atoms with Gasteiger partial charge in [0.25, 0.3) is 0 Å². The normalized spacial score (nSPS) is 24.0. The highest BCUT2D eigenvalue weighted by Crippen LogP contribution is 2.23. The summed E-state index contributed by atoms with van der Waals surface area (Å²) in [5, 5.41) is 3.48. The molecule has 1 aromatic rings. The molecule has 0 spiro atoms. The first-order valence-electron chi connectivity index (χ1n) is 8.61. The molecule has 2 heterocycles. The number of hydrogen-bond acceptors (Lipinski definition) is 3. The van der Waals surface area contributed by atoms with Gasteiger partial charge >= 0.3 is 0 Å². The van der Waals surface area contributed by atoms with Crippen LogP contribution in [0.4, 0.5) is 5.69 Å². The molecule has 1 aromatic carbocycles. The minimum Gasteiger partial charge on any atom is -0.369 e. The second-order valence-corrected chi connectivity index (χ2v) is 6.53. The molecule has 3 nitrogen and oxygen atoms in total. The summed E-state index contributed by atoms with van der Waals surface area (Å²) < 4.78 is 0. The van der Waals surface area contributed by atoms with Crippen molar-refractivity contribution in [3.8, 4) is 0 Å². The topological polar surface area (TPSA) is 18.5 Å². The maximum absolute atomic E-state index is 3.48. The van der Waals surface area contributed by atoms with Crippen molar-refractivity contribution >= 4 is 18.1 Å². The molecule has 1 atom stereocenters. The fourth-order valence-electron chi connectivity index (χ4n) is 3.79. The van der Waals surface area contributed by atoms with E-state index in [-0.39, 0.29) is 12.4 Å². The van der Waals surface area contributed by atoms with E-state index in [1.807, 2.05) is 0 Å². The third-order valence-electron chi connectivity index (χ3n) is 5.15. The van der Waals surface area contributed by atoms with E-state index in [1.54, 1.807) is 0 Å². The predicted octanol–water partition coefficient (Wildman–Crippen LogP) is 3.01. The van der Waals surface area contributed by atoms with Gasteiger partial charge in [-0.3, -0.25) is 4.90 Å². The quantitative estimate of drug-likeness (QED) is 0.919. The highest BCUT2D eigenvalue weighted by Gasteiger charge is 2.28. The van der Waals surface area contributed by atoms with E-state index in [2.05, 4.69) is 52.4 Å². The number of piperidine rings is 1. The van der Waals surface area contributed by atoms with Gasteiger partial charge in [-0.25, -0.2) is 0 Å². The molecule has 0 saturated carbocycles. The summed E-state index contributed by atoms with van der Waals surface area (Å²) in [5.74, 6) is 0.906. The summed E-state index contributed by atoms with van der Waals surface area (Å²) in [5.41, 5.74) is 1.39. The van der Waals surface area contributed by atoms with Crippen molar-refractivity contribution in [2.24, 2.45) is 5.92 Å². The Labute approximate surface area is 141 Å². The largest absolute Gasteiger partial charge is 0.369 e. The molecule has 4 heteroatoms. The first-order chi connectivity index (χ1) is 10.4. The Balaban J connectivity index is 0.00000176. The number of para-hydroxylation sites is 1. The van der Waals surface area contributed by atoms with E-state index in [1.165, 1.54) is 64.2 Å². The van der Waals surface area contributed by atoms with Gasteiger partial charge in [0.2, 0.25) is 0 Å². The second kappa shape index (κ2) is 8.76. The molecule has 0 aromatic heterocycles. The lowest BCUT2D eigenvalue weighted by atomic mass is 9.96. The third-order valence-corrected chi connectivity index (χ3v) is 5.15. The van der Waals surface area contributed by atoms with Crippen molar-refractivity contribution in [2.45, 2.75) is 32.2 Å². The van der Waals surface area contributed by atoms with Crippen LogP contribution >= 0.6 is 12.4 Å². The van der Waals surface area contributed by atoms with Crippen LogP contribution in [0.15, 0.2) is 30.3 Å². The Bertz CT molecular complexity index is 420. The predicted molar refractivity (Wildman–Crippen MR) is 97.1 cm³/mol. The van der Waals surface area contributed by atoms with E-state index in [0.717, 1.165) is 5.92 Å². The highest BCUT2D eigenvalue weighted by atomic mass is 35.5. The Kier molecular flexibility index (Phi) is 7.00. The van der Waals surface area contributed by atoms with Crippen LogP contribution in [0.1, 0.15) is 26.2 Å². The van der Waals surface area contributed by atoms with Gasteiger partial charge < -0.3 is 10.2 Å². The molecule has 22 heavy (non-hydrogen) atoms. The average molecular weight is 324 g/mol. The fourth-order valence-corrected chi connectivity index (χ4v) is 3.79. The number of hydrogen-bond donors (Lipinski definition) is 1. The summed E-state index contributed by atoms with van der Waals surface area (Å²) in [4.78, 5) is 5.32. The smallest absolute Gasteiger partial charge is 0.0367 e. The monoisotopic (exact) mass is 323 g/mol. The standard InChI is InChI=1S/C18H29N3.ClH/c1-2-17-15-21(18-6-4-3-5-7-18)13-12-20(17)14-16-8-10-19-11-9-16;/h3-7,16-17,19H,2,8-15H2,1H3;1H. The minimum absolute atomic E-state index is 0. The minimum atomic E-state index is 0. The molecule has 1 unspecified atom stereocenters. The summed E-state index contributed by atoms with van der Waals surface area (Å²) >= 11 is 0. The van der Waals surface area contributed by atoms with Crippen molar-refractivity contribution in [3.05, 3.63) is 30.3 Å². The molecule has 2 aliphatic rings. The Morgan fingerprint density at radius 1 is 1.09 bits per heavy atom. The molecule has 0 bridgehead atoms. The summed E-state index contributed by atoms with van der Waals surface area (Å²) in [6, 6.07) is 11.6. The zero-order chi connectivity index (χ0) is 14.5. The third kappa shape index (κ3) is 4.37. The van der Waals surface area contributed by atoms with Gasteiger partial charge in [-0.05, 0) is 50.4 Å². The van der Waals surface area contributed by atoms with Gasteiger partial charge in [0, 0.05) is 37.9 Å². The fraction of sp³-hybridized carbons (Fsp3) is 0.667. The maximum Gasteiger partial charge on any atom is 0.0367 e. The molecule has 2 saturated heterocycles. The van der Waals surface area contributed by atoms with Crippen molar-refractivity contribution < 1.29 is 0 Å². The van der Waals surface area contributed by atoms with Crippen LogP contribution in [-0.4, -0.2) is 50.2 Å². The molecule has 1 N–H and O–H groups in total. The number of rotatable bonds is 4. The van der Waals surface area contributed by atoms with E-state index in [4.69, 9.17) is 0 Å². The number of piperazine rings is 1. The zero-order valence-corrected chi connectivity index (χ0v) is 14.5. The van der Waals surface area contributed by atoms with Crippen molar-refractivity contribution in [2.75, 3.05) is 44.2 Å². The number of nitrogens with one attached hydrogen (secondary N) is 1.